The fourth-order valence-electron chi connectivity index (χ4n) is 3.98. The number of carbonyl (C=O) groups is 1. The Bertz CT molecular complexity index is 739. The average Bonchev–Trinajstić information content (AvgIpc) is 3.19. The Hall–Kier alpha value is -2.25. The number of nitrogens with one attached hydrogen (secondary N) is 1. The number of pyridine rings is 1. The molecule has 7 heteroatoms. The molecular weight excluding hydrogens is 330 g/mol. The van der Waals surface area contributed by atoms with Crippen LogP contribution in [0.25, 0.3) is 11.3 Å². The van der Waals surface area contributed by atoms with Crippen LogP contribution in [0.15, 0.2) is 30.7 Å². The van der Waals surface area contributed by atoms with Crippen molar-refractivity contribution in [3.63, 3.8) is 0 Å². The molecule has 1 amide bonds. The molecule has 138 valence electrons. The molecule has 2 aromatic rings. The number of morpholine rings is 1. The Morgan fingerprint density at radius 1 is 1.27 bits per heavy atom. The molecule has 2 fully saturated rings. The molecule has 1 N–H and O–H groups in total. The van der Waals surface area contributed by atoms with Crippen molar-refractivity contribution >= 4 is 5.91 Å². The molecule has 4 heterocycles. The zero-order valence-corrected chi connectivity index (χ0v) is 15.1. The third kappa shape index (κ3) is 3.50. The molecular formula is C19H25N5O2. The molecule has 0 radical (unpaired) electrons. The number of hydrogen-bond donors (Lipinski definition) is 1. The summed E-state index contributed by atoms with van der Waals surface area (Å²) in [5, 5.41) is 0. The quantitative estimate of drug-likeness (QED) is 0.910. The van der Waals surface area contributed by atoms with Crippen LogP contribution < -0.4 is 0 Å². The minimum absolute atomic E-state index is 0.128. The van der Waals surface area contributed by atoms with Crippen LogP contribution in [0, 0.1) is 0 Å². The van der Waals surface area contributed by atoms with Crippen molar-refractivity contribution in [2.24, 2.45) is 0 Å². The lowest BCUT2D eigenvalue weighted by molar-refractivity contribution is -0.131. The Labute approximate surface area is 153 Å². The van der Waals surface area contributed by atoms with Crippen LogP contribution in [-0.4, -0.2) is 69.5 Å². The molecule has 0 aliphatic carbocycles. The third-order valence-corrected chi connectivity index (χ3v) is 5.43. The maximum Gasteiger partial charge on any atom is 0.219 e. The minimum atomic E-state index is 0.128. The van der Waals surface area contributed by atoms with Gasteiger partial charge in [0.1, 0.15) is 5.82 Å². The lowest BCUT2D eigenvalue weighted by atomic mass is 10.00. The van der Waals surface area contributed by atoms with E-state index in [0.717, 1.165) is 56.2 Å². The topological polar surface area (TPSA) is 74.3 Å². The summed E-state index contributed by atoms with van der Waals surface area (Å²) in [4.78, 5) is 28.3. The van der Waals surface area contributed by atoms with Crippen molar-refractivity contribution < 1.29 is 9.53 Å². The van der Waals surface area contributed by atoms with Crippen molar-refractivity contribution in [3.05, 3.63) is 36.5 Å². The molecule has 2 aliphatic heterocycles. The molecule has 2 saturated heterocycles. The van der Waals surface area contributed by atoms with Crippen LogP contribution in [0.1, 0.15) is 31.6 Å². The summed E-state index contributed by atoms with van der Waals surface area (Å²) >= 11 is 0. The molecule has 0 bridgehead atoms. The van der Waals surface area contributed by atoms with Gasteiger partial charge >= 0.3 is 0 Å². The van der Waals surface area contributed by atoms with Crippen molar-refractivity contribution in [1.82, 2.24) is 24.8 Å². The van der Waals surface area contributed by atoms with Crippen molar-refractivity contribution in [2.75, 3.05) is 32.8 Å². The average molecular weight is 355 g/mol. The number of nitrogens with zero attached hydrogens (tertiary/aromatic N) is 4. The first-order valence-electron chi connectivity index (χ1n) is 9.26. The number of carbonyl (C=O) groups excluding carboxylic acids is 1. The van der Waals surface area contributed by atoms with E-state index in [0.29, 0.717) is 12.6 Å². The van der Waals surface area contributed by atoms with Crippen molar-refractivity contribution in [1.29, 1.82) is 0 Å². The number of aromatic nitrogens is 3. The van der Waals surface area contributed by atoms with Gasteiger partial charge in [0.2, 0.25) is 5.91 Å². The summed E-state index contributed by atoms with van der Waals surface area (Å²) < 4.78 is 5.75. The number of piperidine rings is 1. The normalized spacial score (nSPS) is 22.5. The minimum Gasteiger partial charge on any atom is -0.378 e. The van der Waals surface area contributed by atoms with Crippen LogP contribution in [0.3, 0.4) is 0 Å². The summed E-state index contributed by atoms with van der Waals surface area (Å²) in [6, 6.07) is 4.54. The smallest absolute Gasteiger partial charge is 0.219 e. The predicted molar refractivity (Wildman–Crippen MR) is 97.4 cm³/mol. The van der Waals surface area contributed by atoms with E-state index in [9.17, 15) is 4.79 Å². The van der Waals surface area contributed by atoms with Gasteiger partial charge in [-0.1, -0.05) is 0 Å². The monoisotopic (exact) mass is 355 g/mol. The molecule has 1 atom stereocenters. The summed E-state index contributed by atoms with van der Waals surface area (Å²) in [5.41, 5.74) is 2.01. The van der Waals surface area contributed by atoms with Gasteiger partial charge in [0.05, 0.1) is 31.1 Å². The Balaban J connectivity index is 1.50. The van der Waals surface area contributed by atoms with E-state index in [1.165, 1.54) is 0 Å². The predicted octanol–water partition coefficient (Wildman–Crippen LogP) is 1.86. The number of ether oxygens (including phenoxy) is 1. The van der Waals surface area contributed by atoms with Gasteiger partial charge in [-0.3, -0.25) is 14.7 Å². The summed E-state index contributed by atoms with van der Waals surface area (Å²) in [6.45, 7) is 5.62. The zero-order chi connectivity index (χ0) is 17.9. The second kappa shape index (κ2) is 7.55. The van der Waals surface area contributed by atoms with Gasteiger partial charge in [0.25, 0.3) is 0 Å². The first kappa shape index (κ1) is 17.2. The number of rotatable bonds is 3. The third-order valence-electron chi connectivity index (χ3n) is 5.43. The lowest BCUT2D eigenvalue weighted by Crippen LogP contribution is -2.51. The van der Waals surface area contributed by atoms with Crippen LogP contribution in [-0.2, 0) is 9.53 Å². The highest BCUT2D eigenvalue weighted by molar-refractivity contribution is 5.73. The largest absolute Gasteiger partial charge is 0.378 e. The van der Waals surface area contributed by atoms with Gasteiger partial charge in [-0.25, -0.2) is 4.98 Å². The number of hydrogen-bond acceptors (Lipinski definition) is 5. The zero-order valence-electron chi connectivity index (χ0n) is 15.1. The number of aromatic amines is 1. The van der Waals surface area contributed by atoms with E-state index >= 15 is 0 Å². The molecule has 0 spiro atoms. The van der Waals surface area contributed by atoms with Crippen LogP contribution >= 0.6 is 0 Å². The van der Waals surface area contributed by atoms with Crippen LogP contribution in [0.2, 0.25) is 0 Å². The van der Waals surface area contributed by atoms with E-state index in [1.54, 1.807) is 13.1 Å². The Morgan fingerprint density at radius 2 is 2.12 bits per heavy atom. The van der Waals surface area contributed by atoms with E-state index in [2.05, 4.69) is 19.9 Å². The van der Waals surface area contributed by atoms with Gasteiger partial charge in [-0.05, 0) is 25.0 Å². The highest BCUT2D eigenvalue weighted by Crippen LogP contribution is 2.30. The molecule has 0 saturated carbocycles. The summed E-state index contributed by atoms with van der Waals surface area (Å²) in [6.07, 6.45) is 7.49. The van der Waals surface area contributed by atoms with Crippen LogP contribution in [0.5, 0.6) is 0 Å². The number of imidazole rings is 1. The highest BCUT2D eigenvalue weighted by Gasteiger charge is 2.34. The fourth-order valence-corrected chi connectivity index (χ4v) is 3.98. The first-order valence-corrected chi connectivity index (χ1v) is 9.26. The number of likely N-dealkylation sites (tertiary alicyclic amines) is 1. The van der Waals surface area contributed by atoms with Gasteiger partial charge in [-0.15, -0.1) is 0 Å². The SMILES string of the molecule is CC(=O)N1CCC(N2CCOCC2c2ncc(-c3cccnc3)[nH]2)CC1. The molecule has 1 unspecified atom stereocenters. The van der Waals surface area contributed by atoms with Gasteiger partial charge in [0, 0.05) is 50.6 Å². The maximum absolute atomic E-state index is 11.6. The van der Waals surface area contributed by atoms with E-state index in [1.807, 2.05) is 29.4 Å². The second-order valence-electron chi connectivity index (χ2n) is 6.99. The van der Waals surface area contributed by atoms with Gasteiger partial charge in [-0.2, -0.15) is 0 Å². The fraction of sp³-hybridized carbons (Fsp3) is 0.526. The number of H-pyrrole nitrogens is 1. The van der Waals surface area contributed by atoms with Crippen molar-refractivity contribution in [3.8, 4) is 11.3 Å². The van der Waals surface area contributed by atoms with Gasteiger partial charge < -0.3 is 14.6 Å². The molecule has 2 aliphatic rings. The Kier molecular flexibility index (Phi) is 4.99. The maximum atomic E-state index is 11.6. The molecule has 26 heavy (non-hydrogen) atoms. The first-order chi connectivity index (χ1) is 12.7. The molecule has 4 rings (SSSR count). The molecule has 2 aromatic heterocycles. The summed E-state index contributed by atoms with van der Waals surface area (Å²) in [5.74, 6) is 1.12. The van der Waals surface area contributed by atoms with Gasteiger partial charge in [0.15, 0.2) is 0 Å². The highest BCUT2D eigenvalue weighted by atomic mass is 16.5. The van der Waals surface area contributed by atoms with Crippen LogP contribution in [0.4, 0.5) is 0 Å². The Morgan fingerprint density at radius 3 is 2.85 bits per heavy atom. The van der Waals surface area contributed by atoms with Crippen molar-refractivity contribution in [2.45, 2.75) is 31.8 Å². The van der Waals surface area contributed by atoms with E-state index < -0.39 is 0 Å². The molecule has 0 aromatic carbocycles. The van der Waals surface area contributed by atoms with E-state index in [-0.39, 0.29) is 11.9 Å². The standard InChI is InChI=1S/C19H25N5O2/c1-14(25)23-7-4-16(5-8-23)24-9-10-26-13-18(24)19-21-12-17(22-19)15-3-2-6-20-11-15/h2-3,6,11-12,16,18H,4-5,7-10,13H2,1H3,(H,21,22). The lowest BCUT2D eigenvalue weighted by Gasteiger charge is -2.43. The van der Waals surface area contributed by atoms with E-state index in [4.69, 9.17) is 4.74 Å². The number of amides is 1. The summed E-state index contributed by atoms with van der Waals surface area (Å²) in [7, 11) is 0. The second-order valence-corrected chi connectivity index (χ2v) is 6.99. The molecule has 7 nitrogen and oxygen atoms in total.